The second kappa shape index (κ2) is 3.71. The molecule has 0 bridgehead atoms. The second-order valence-electron chi connectivity index (χ2n) is 3.64. The van der Waals surface area contributed by atoms with Crippen molar-refractivity contribution >= 4 is 23.4 Å². The summed E-state index contributed by atoms with van der Waals surface area (Å²) in [5.74, 6) is 2.11. The molecule has 1 aliphatic rings. The molecule has 1 aromatic heterocycles. The molecule has 3 nitrogen and oxygen atoms in total. The second-order valence-corrected chi connectivity index (χ2v) is 4.98. The third kappa shape index (κ3) is 1.49. The van der Waals surface area contributed by atoms with Crippen LogP contribution in [-0.4, -0.2) is 14.9 Å². The summed E-state index contributed by atoms with van der Waals surface area (Å²) in [5.41, 5.74) is 3.09. The number of fused-ring (bicyclic) bond motifs is 1. The maximum absolute atomic E-state index is 9.22. The van der Waals surface area contributed by atoms with Gasteiger partial charge in [-0.2, -0.15) is 16.9 Å². The van der Waals surface area contributed by atoms with Gasteiger partial charge in [0.15, 0.2) is 0 Å². The maximum atomic E-state index is 9.22. The SMILES string of the molecule is Oc1ccc(-n2nc3c(c2Cl)CSC3)cc1. The van der Waals surface area contributed by atoms with E-state index in [-0.39, 0.29) is 5.75 Å². The van der Waals surface area contributed by atoms with E-state index in [2.05, 4.69) is 5.10 Å². The molecule has 16 heavy (non-hydrogen) atoms. The van der Waals surface area contributed by atoms with Crippen LogP contribution in [0.3, 0.4) is 0 Å². The third-order valence-electron chi connectivity index (χ3n) is 2.58. The molecule has 1 aromatic carbocycles. The van der Waals surface area contributed by atoms with Crippen LogP contribution in [-0.2, 0) is 11.5 Å². The van der Waals surface area contributed by atoms with Gasteiger partial charge in [-0.25, -0.2) is 4.68 Å². The lowest BCUT2D eigenvalue weighted by Crippen LogP contribution is -1.97. The van der Waals surface area contributed by atoms with Crippen LogP contribution in [0.5, 0.6) is 5.75 Å². The summed E-state index contributed by atoms with van der Waals surface area (Å²) in [6, 6.07) is 6.87. The highest BCUT2D eigenvalue weighted by Crippen LogP contribution is 2.35. The topological polar surface area (TPSA) is 38.0 Å². The van der Waals surface area contributed by atoms with E-state index in [0.29, 0.717) is 5.15 Å². The van der Waals surface area contributed by atoms with Crippen molar-refractivity contribution < 1.29 is 5.11 Å². The Morgan fingerprint density at radius 2 is 2.00 bits per heavy atom. The van der Waals surface area contributed by atoms with Gasteiger partial charge in [-0.3, -0.25) is 0 Å². The number of aromatic hydroxyl groups is 1. The average Bonchev–Trinajstić information content (AvgIpc) is 2.84. The van der Waals surface area contributed by atoms with Crippen molar-refractivity contribution in [3.63, 3.8) is 0 Å². The van der Waals surface area contributed by atoms with E-state index in [4.69, 9.17) is 11.6 Å². The lowest BCUT2D eigenvalue weighted by atomic mass is 10.3. The fraction of sp³-hybridized carbons (Fsp3) is 0.182. The standard InChI is InChI=1S/C11H9ClN2OS/c12-11-9-5-16-6-10(9)13-14(11)7-1-3-8(15)4-2-7/h1-4,15H,5-6H2. The number of rotatable bonds is 1. The summed E-state index contributed by atoms with van der Waals surface area (Å²) >= 11 is 8.10. The van der Waals surface area contributed by atoms with Gasteiger partial charge >= 0.3 is 0 Å². The summed E-state index contributed by atoms with van der Waals surface area (Å²) in [7, 11) is 0. The van der Waals surface area contributed by atoms with Crippen molar-refractivity contribution in [1.82, 2.24) is 9.78 Å². The van der Waals surface area contributed by atoms with E-state index in [1.54, 1.807) is 28.9 Å². The Morgan fingerprint density at radius 3 is 2.69 bits per heavy atom. The molecule has 0 unspecified atom stereocenters. The normalized spacial score (nSPS) is 14.1. The van der Waals surface area contributed by atoms with Crippen molar-refractivity contribution in [2.24, 2.45) is 0 Å². The van der Waals surface area contributed by atoms with Crippen LogP contribution in [0.4, 0.5) is 0 Å². The van der Waals surface area contributed by atoms with Gasteiger partial charge in [0.25, 0.3) is 0 Å². The molecule has 0 fully saturated rings. The highest BCUT2D eigenvalue weighted by Gasteiger charge is 2.21. The molecule has 0 saturated heterocycles. The van der Waals surface area contributed by atoms with Crippen molar-refractivity contribution in [3.05, 3.63) is 40.7 Å². The summed E-state index contributed by atoms with van der Waals surface area (Å²) in [6.07, 6.45) is 0. The predicted octanol–water partition coefficient (Wildman–Crippen LogP) is 2.98. The number of thioether (sulfide) groups is 1. The molecule has 1 aliphatic heterocycles. The number of phenols is 1. The van der Waals surface area contributed by atoms with E-state index in [0.717, 1.165) is 28.5 Å². The quantitative estimate of drug-likeness (QED) is 0.848. The molecular weight excluding hydrogens is 244 g/mol. The predicted molar refractivity (Wildman–Crippen MR) is 65.2 cm³/mol. The first kappa shape index (κ1) is 10.1. The van der Waals surface area contributed by atoms with Gasteiger partial charge in [-0.15, -0.1) is 0 Å². The number of nitrogens with zero attached hydrogens (tertiary/aromatic N) is 2. The summed E-state index contributed by atoms with van der Waals surface area (Å²) in [4.78, 5) is 0. The Hall–Kier alpha value is -1.13. The molecular formula is C11H9ClN2OS. The van der Waals surface area contributed by atoms with Gasteiger partial charge in [0.1, 0.15) is 10.9 Å². The Kier molecular flexibility index (Phi) is 2.33. The van der Waals surface area contributed by atoms with Crippen molar-refractivity contribution in [1.29, 1.82) is 0 Å². The first-order valence-electron chi connectivity index (χ1n) is 4.89. The van der Waals surface area contributed by atoms with Crippen LogP contribution in [0.2, 0.25) is 5.15 Å². The molecule has 0 aliphatic carbocycles. The van der Waals surface area contributed by atoms with E-state index in [1.807, 2.05) is 11.8 Å². The van der Waals surface area contributed by atoms with Crippen LogP contribution in [0, 0.1) is 0 Å². The Labute approximate surface area is 102 Å². The van der Waals surface area contributed by atoms with Gasteiger partial charge in [0, 0.05) is 17.1 Å². The van der Waals surface area contributed by atoms with Gasteiger partial charge in [0.2, 0.25) is 0 Å². The average molecular weight is 253 g/mol. The van der Waals surface area contributed by atoms with Crippen molar-refractivity contribution in [2.45, 2.75) is 11.5 Å². The van der Waals surface area contributed by atoms with E-state index in [1.165, 1.54) is 0 Å². The molecule has 1 N–H and O–H groups in total. The fourth-order valence-electron chi connectivity index (χ4n) is 1.75. The third-order valence-corrected chi connectivity index (χ3v) is 3.94. The molecule has 3 rings (SSSR count). The van der Waals surface area contributed by atoms with Crippen molar-refractivity contribution in [3.8, 4) is 11.4 Å². The first-order chi connectivity index (χ1) is 7.75. The van der Waals surface area contributed by atoms with E-state index < -0.39 is 0 Å². The molecule has 0 amide bonds. The number of aromatic nitrogens is 2. The van der Waals surface area contributed by atoms with Crippen LogP contribution in [0.15, 0.2) is 24.3 Å². The molecule has 0 spiro atoms. The van der Waals surface area contributed by atoms with E-state index >= 15 is 0 Å². The molecule has 0 radical (unpaired) electrons. The van der Waals surface area contributed by atoms with Crippen LogP contribution in [0.1, 0.15) is 11.3 Å². The number of benzene rings is 1. The smallest absolute Gasteiger partial charge is 0.137 e. The lowest BCUT2D eigenvalue weighted by molar-refractivity contribution is 0.475. The largest absolute Gasteiger partial charge is 0.508 e. The van der Waals surface area contributed by atoms with Gasteiger partial charge in [-0.1, -0.05) is 11.6 Å². The highest BCUT2D eigenvalue weighted by molar-refractivity contribution is 7.98. The maximum Gasteiger partial charge on any atom is 0.137 e. The Bertz CT molecular complexity index is 536. The van der Waals surface area contributed by atoms with Crippen LogP contribution in [0.25, 0.3) is 5.69 Å². The molecule has 2 aromatic rings. The molecule has 0 saturated carbocycles. The molecule has 82 valence electrons. The first-order valence-corrected chi connectivity index (χ1v) is 6.42. The zero-order valence-corrected chi connectivity index (χ0v) is 9.92. The number of phenolic OH excluding ortho intramolecular Hbond substituents is 1. The summed E-state index contributed by atoms with van der Waals surface area (Å²) < 4.78 is 1.73. The zero-order valence-electron chi connectivity index (χ0n) is 8.35. The minimum absolute atomic E-state index is 0.245. The monoisotopic (exact) mass is 252 g/mol. The van der Waals surface area contributed by atoms with Gasteiger partial charge < -0.3 is 5.11 Å². The van der Waals surface area contributed by atoms with Crippen LogP contribution >= 0.6 is 23.4 Å². The molecule has 2 heterocycles. The minimum atomic E-state index is 0.245. The minimum Gasteiger partial charge on any atom is -0.508 e. The molecule has 5 heteroatoms. The number of hydrogen-bond donors (Lipinski definition) is 1. The van der Waals surface area contributed by atoms with E-state index in [9.17, 15) is 5.11 Å². The van der Waals surface area contributed by atoms with Crippen molar-refractivity contribution in [2.75, 3.05) is 0 Å². The van der Waals surface area contributed by atoms with Gasteiger partial charge in [-0.05, 0) is 24.3 Å². The highest BCUT2D eigenvalue weighted by atomic mass is 35.5. The van der Waals surface area contributed by atoms with Crippen LogP contribution < -0.4 is 0 Å². The Balaban J connectivity index is 2.10. The Morgan fingerprint density at radius 1 is 1.25 bits per heavy atom. The number of halogens is 1. The lowest BCUT2D eigenvalue weighted by Gasteiger charge is -2.03. The summed E-state index contributed by atoms with van der Waals surface area (Å²) in [6.45, 7) is 0. The summed E-state index contributed by atoms with van der Waals surface area (Å²) in [5, 5.41) is 14.4. The van der Waals surface area contributed by atoms with Gasteiger partial charge in [0.05, 0.1) is 11.4 Å². The zero-order chi connectivity index (χ0) is 11.1. The number of hydrogen-bond acceptors (Lipinski definition) is 3. The molecule has 0 atom stereocenters. The fourth-order valence-corrected chi connectivity index (χ4v) is 3.17.